The summed E-state index contributed by atoms with van der Waals surface area (Å²) in [4.78, 5) is 10.3. The van der Waals surface area contributed by atoms with Crippen molar-refractivity contribution in [2.75, 3.05) is 26.0 Å². The van der Waals surface area contributed by atoms with E-state index in [-0.39, 0.29) is 22.2 Å². The molecule has 0 aliphatic carbocycles. The van der Waals surface area contributed by atoms with Crippen LogP contribution >= 0.6 is 0 Å². The molecule has 0 aromatic heterocycles. The summed E-state index contributed by atoms with van der Waals surface area (Å²) in [5, 5.41) is 13.7. The Morgan fingerprint density at radius 1 is 1.43 bits per heavy atom. The van der Waals surface area contributed by atoms with E-state index in [0.717, 1.165) is 12.5 Å². The van der Waals surface area contributed by atoms with Crippen LogP contribution in [0.15, 0.2) is 23.1 Å². The van der Waals surface area contributed by atoms with Crippen LogP contribution in [-0.4, -0.2) is 38.3 Å². The molecule has 0 saturated heterocycles. The van der Waals surface area contributed by atoms with Crippen LogP contribution in [-0.2, 0) is 10.0 Å². The Hall–Kier alpha value is -1.67. The third-order valence-corrected chi connectivity index (χ3v) is 5.23. The van der Waals surface area contributed by atoms with Gasteiger partial charge in [0.1, 0.15) is 5.69 Å². The van der Waals surface area contributed by atoms with Gasteiger partial charge in [-0.3, -0.25) is 10.1 Å². The molecule has 8 heteroatoms. The Kier molecular flexibility index (Phi) is 5.68. The zero-order chi connectivity index (χ0) is 16.2. The highest BCUT2D eigenvalue weighted by Crippen LogP contribution is 2.28. The van der Waals surface area contributed by atoms with Crippen molar-refractivity contribution in [2.45, 2.75) is 25.2 Å². The fourth-order valence-electron chi connectivity index (χ4n) is 1.88. The monoisotopic (exact) mass is 315 g/mol. The molecule has 7 nitrogen and oxygen atoms in total. The van der Waals surface area contributed by atoms with Gasteiger partial charge >= 0.3 is 0 Å². The first-order valence-electron chi connectivity index (χ1n) is 6.66. The lowest BCUT2D eigenvalue weighted by Crippen LogP contribution is -2.31. The molecule has 1 N–H and O–H groups in total. The lowest BCUT2D eigenvalue weighted by molar-refractivity contribution is -0.384. The highest BCUT2D eigenvalue weighted by Gasteiger charge is 2.25. The fourth-order valence-corrected chi connectivity index (χ4v) is 3.19. The van der Waals surface area contributed by atoms with E-state index in [1.165, 1.54) is 23.5 Å². The predicted octanol–water partition coefficient (Wildman–Crippen LogP) is 2.30. The van der Waals surface area contributed by atoms with Crippen LogP contribution in [0, 0.1) is 16.0 Å². The lowest BCUT2D eigenvalue weighted by atomic mass is 10.1. The summed E-state index contributed by atoms with van der Waals surface area (Å²) in [5.74, 6) is 0.219. The van der Waals surface area contributed by atoms with Gasteiger partial charge in [0.25, 0.3) is 5.69 Å². The summed E-state index contributed by atoms with van der Waals surface area (Å²) in [5.41, 5.74) is 0.0269. The maximum absolute atomic E-state index is 12.4. The van der Waals surface area contributed by atoms with Gasteiger partial charge in [-0.15, -0.1) is 0 Å². The molecule has 1 atom stereocenters. The lowest BCUT2D eigenvalue weighted by Gasteiger charge is -2.20. The number of nitro groups is 1. The van der Waals surface area contributed by atoms with Crippen LogP contribution in [0.2, 0.25) is 0 Å². The number of anilines is 1. The minimum Gasteiger partial charge on any atom is -0.383 e. The third kappa shape index (κ3) is 3.92. The van der Waals surface area contributed by atoms with Crippen LogP contribution in [0.4, 0.5) is 11.4 Å². The van der Waals surface area contributed by atoms with E-state index in [0.29, 0.717) is 6.54 Å². The van der Waals surface area contributed by atoms with Gasteiger partial charge in [0.05, 0.1) is 9.82 Å². The third-order valence-electron chi connectivity index (χ3n) is 3.41. The molecular formula is C13H21N3O4S. The molecule has 1 aromatic carbocycles. The van der Waals surface area contributed by atoms with Crippen LogP contribution in [0.3, 0.4) is 0 Å². The van der Waals surface area contributed by atoms with Crippen molar-refractivity contribution in [1.82, 2.24) is 4.31 Å². The topological polar surface area (TPSA) is 92.6 Å². The van der Waals surface area contributed by atoms with E-state index >= 15 is 0 Å². The van der Waals surface area contributed by atoms with Crippen molar-refractivity contribution in [3.05, 3.63) is 28.3 Å². The van der Waals surface area contributed by atoms with Crippen molar-refractivity contribution in [1.29, 1.82) is 0 Å². The first kappa shape index (κ1) is 17.4. The van der Waals surface area contributed by atoms with Gasteiger partial charge in [-0.2, -0.15) is 0 Å². The molecule has 1 aromatic rings. The molecule has 0 spiro atoms. The highest BCUT2D eigenvalue weighted by molar-refractivity contribution is 7.89. The largest absolute Gasteiger partial charge is 0.383 e. The fraction of sp³-hybridized carbons (Fsp3) is 0.538. The summed E-state index contributed by atoms with van der Waals surface area (Å²) >= 11 is 0. The van der Waals surface area contributed by atoms with E-state index in [9.17, 15) is 18.5 Å². The first-order valence-corrected chi connectivity index (χ1v) is 8.10. The Balaban J connectivity index is 3.20. The van der Waals surface area contributed by atoms with Crippen LogP contribution in [0.1, 0.15) is 20.3 Å². The molecule has 0 aliphatic heterocycles. The van der Waals surface area contributed by atoms with E-state index in [2.05, 4.69) is 5.32 Å². The number of nitrogens with one attached hydrogen (secondary N) is 1. The van der Waals surface area contributed by atoms with Gasteiger partial charge < -0.3 is 5.32 Å². The van der Waals surface area contributed by atoms with Gasteiger partial charge in [-0.25, -0.2) is 12.7 Å². The van der Waals surface area contributed by atoms with E-state index in [4.69, 9.17) is 0 Å². The summed E-state index contributed by atoms with van der Waals surface area (Å²) in [6.45, 7) is 4.32. The average molecular weight is 315 g/mol. The number of hydrogen-bond donors (Lipinski definition) is 1. The van der Waals surface area contributed by atoms with Crippen molar-refractivity contribution < 1.29 is 13.3 Å². The maximum atomic E-state index is 12.4. The molecule has 1 rings (SSSR count). The molecule has 0 amide bonds. The molecule has 0 bridgehead atoms. The standard InChI is InChI=1S/C13H21N3O4S/c1-5-10(2)9-15(4)21(19,20)11-6-7-12(14-3)13(8-11)16(17)18/h6-8,10,14H,5,9H2,1-4H3. The Morgan fingerprint density at radius 2 is 2.05 bits per heavy atom. The van der Waals surface area contributed by atoms with Crippen molar-refractivity contribution in [2.24, 2.45) is 5.92 Å². The number of benzene rings is 1. The first-order chi connectivity index (χ1) is 9.73. The maximum Gasteiger partial charge on any atom is 0.293 e. The average Bonchev–Trinajstić information content (AvgIpc) is 2.45. The molecule has 0 aliphatic rings. The van der Waals surface area contributed by atoms with Crippen LogP contribution in [0.5, 0.6) is 0 Å². The van der Waals surface area contributed by atoms with Gasteiger partial charge in [0.15, 0.2) is 0 Å². The number of sulfonamides is 1. The molecule has 0 radical (unpaired) electrons. The number of hydrogen-bond acceptors (Lipinski definition) is 5. The van der Waals surface area contributed by atoms with Crippen LogP contribution in [0.25, 0.3) is 0 Å². The second-order valence-electron chi connectivity index (χ2n) is 4.99. The van der Waals surface area contributed by atoms with E-state index in [1.54, 1.807) is 7.05 Å². The molecule has 0 heterocycles. The van der Waals surface area contributed by atoms with Gasteiger partial charge in [0.2, 0.25) is 10.0 Å². The quantitative estimate of drug-likeness (QED) is 0.615. The zero-order valence-electron chi connectivity index (χ0n) is 12.7. The minimum absolute atomic E-state index is 0.0704. The second-order valence-corrected chi connectivity index (χ2v) is 7.03. The molecule has 0 saturated carbocycles. The zero-order valence-corrected chi connectivity index (χ0v) is 13.5. The van der Waals surface area contributed by atoms with Crippen LogP contribution < -0.4 is 5.32 Å². The molecule has 0 fully saturated rings. The Bertz CT molecular complexity index is 616. The highest BCUT2D eigenvalue weighted by atomic mass is 32.2. The summed E-state index contributed by atoms with van der Waals surface area (Å²) in [6, 6.07) is 3.87. The SMILES string of the molecule is CCC(C)CN(C)S(=O)(=O)c1ccc(NC)c([N+](=O)[O-])c1. The van der Waals surface area contributed by atoms with Gasteiger partial charge in [-0.1, -0.05) is 20.3 Å². The number of nitrogens with zero attached hydrogens (tertiary/aromatic N) is 2. The van der Waals surface area contributed by atoms with Crippen molar-refractivity contribution >= 4 is 21.4 Å². The smallest absolute Gasteiger partial charge is 0.293 e. The minimum atomic E-state index is -3.72. The van der Waals surface area contributed by atoms with Crippen molar-refractivity contribution in [3.63, 3.8) is 0 Å². The van der Waals surface area contributed by atoms with E-state index < -0.39 is 14.9 Å². The second kappa shape index (κ2) is 6.86. The van der Waals surface area contributed by atoms with Crippen molar-refractivity contribution in [3.8, 4) is 0 Å². The van der Waals surface area contributed by atoms with Gasteiger partial charge in [-0.05, 0) is 18.1 Å². The van der Waals surface area contributed by atoms with E-state index in [1.807, 2.05) is 13.8 Å². The Labute approximate surface area is 125 Å². The molecule has 1 unspecified atom stereocenters. The molecular weight excluding hydrogens is 294 g/mol. The summed E-state index contributed by atoms with van der Waals surface area (Å²) < 4.78 is 26.1. The Morgan fingerprint density at radius 3 is 2.52 bits per heavy atom. The number of rotatable bonds is 7. The summed E-state index contributed by atoms with van der Waals surface area (Å²) in [6.07, 6.45) is 0.860. The molecule has 118 valence electrons. The number of nitro benzene ring substituents is 1. The van der Waals surface area contributed by atoms with Gasteiger partial charge in [0, 0.05) is 26.7 Å². The normalized spacial score (nSPS) is 13.2. The summed E-state index contributed by atoms with van der Waals surface area (Å²) in [7, 11) is -0.691. The molecule has 21 heavy (non-hydrogen) atoms. The predicted molar refractivity (Wildman–Crippen MR) is 81.9 cm³/mol.